The minimum atomic E-state index is -0.513. The van der Waals surface area contributed by atoms with E-state index in [0.717, 1.165) is 31.1 Å². The third-order valence-electron chi connectivity index (χ3n) is 5.16. The lowest BCUT2D eigenvalue weighted by Gasteiger charge is -2.33. The summed E-state index contributed by atoms with van der Waals surface area (Å²) in [5.74, 6) is 1.32. The van der Waals surface area contributed by atoms with Crippen LogP contribution in [0.2, 0.25) is 0 Å². The molecule has 0 unspecified atom stereocenters. The molecule has 1 atom stereocenters. The highest BCUT2D eigenvalue weighted by Gasteiger charge is 2.21. The van der Waals surface area contributed by atoms with Crippen LogP contribution in [0.5, 0.6) is 5.75 Å². The van der Waals surface area contributed by atoms with Crippen molar-refractivity contribution in [2.24, 2.45) is 5.92 Å². The number of aliphatic hydroxyl groups excluding tert-OH is 1. The quantitative estimate of drug-likeness (QED) is 0.735. The number of nitrogens with one attached hydrogen (secondary N) is 1. The molecule has 0 aromatic heterocycles. The summed E-state index contributed by atoms with van der Waals surface area (Å²) in [5.41, 5.74) is 2.15. The molecule has 0 spiro atoms. The minimum Gasteiger partial charge on any atom is -0.491 e. The average molecular weight is 383 g/mol. The molecule has 5 heteroatoms. The highest BCUT2D eigenvalue weighted by Crippen LogP contribution is 2.22. The molecule has 1 aliphatic rings. The highest BCUT2D eigenvalue weighted by atomic mass is 16.5. The number of carbonyl (C=O) groups excluding carboxylic acids is 1. The zero-order valence-corrected chi connectivity index (χ0v) is 16.5. The summed E-state index contributed by atoms with van der Waals surface area (Å²) in [6.45, 7) is 4.44. The average Bonchev–Trinajstić information content (AvgIpc) is 2.69. The van der Waals surface area contributed by atoms with Crippen LogP contribution in [0.15, 0.2) is 54.6 Å². The number of nitrogens with zero attached hydrogens (tertiary/aromatic N) is 1. The summed E-state index contributed by atoms with van der Waals surface area (Å²) >= 11 is 0. The van der Waals surface area contributed by atoms with E-state index in [0.29, 0.717) is 12.3 Å². The molecule has 3 rings (SSSR count). The van der Waals surface area contributed by atoms with E-state index < -0.39 is 6.10 Å². The van der Waals surface area contributed by atoms with Gasteiger partial charge in [-0.1, -0.05) is 30.3 Å². The fourth-order valence-electron chi connectivity index (χ4n) is 3.70. The van der Waals surface area contributed by atoms with Crippen molar-refractivity contribution in [2.75, 3.05) is 31.6 Å². The Morgan fingerprint density at radius 1 is 1.14 bits per heavy atom. The Balaban J connectivity index is 1.35. The molecule has 150 valence electrons. The molecule has 2 aromatic rings. The molecular formula is C23H30N2O3. The smallest absolute Gasteiger partial charge is 0.221 e. The predicted octanol–water partition coefficient (Wildman–Crippen LogP) is 3.34. The van der Waals surface area contributed by atoms with Gasteiger partial charge < -0.3 is 20.1 Å². The number of ether oxygens (including phenoxy) is 1. The zero-order valence-electron chi connectivity index (χ0n) is 16.5. The number of aliphatic hydroxyl groups is 1. The summed E-state index contributed by atoms with van der Waals surface area (Å²) < 4.78 is 5.68. The summed E-state index contributed by atoms with van der Waals surface area (Å²) in [6.07, 6.45) is 2.98. The van der Waals surface area contributed by atoms with E-state index in [4.69, 9.17) is 4.74 Å². The number of amides is 1. The fraction of sp³-hybridized carbons (Fsp3) is 0.435. The zero-order chi connectivity index (χ0) is 19.8. The maximum absolute atomic E-state index is 11.0. The molecule has 2 aromatic carbocycles. The molecule has 1 fully saturated rings. The molecule has 0 radical (unpaired) electrons. The van der Waals surface area contributed by atoms with Crippen LogP contribution < -0.4 is 10.1 Å². The van der Waals surface area contributed by atoms with Gasteiger partial charge in [0.1, 0.15) is 18.5 Å². The Morgan fingerprint density at radius 3 is 2.46 bits per heavy atom. The number of β-amino-alcohol motifs (C(OH)–C–C–N with tert-alkyl or cyclic N) is 1. The summed E-state index contributed by atoms with van der Waals surface area (Å²) in [5, 5.41) is 13.0. The molecule has 0 saturated carbocycles. The fourth-order valence-corrected chi connectivity index (χ4v) is 3.70. The van der Waals surface area contributed by atoms with E-state index >= 15 is 0 Å². The van der Waals surface area contributed by atoms with Crippen molar-refractivity contribution in [1.29, 1.82) is 0 Å². The van der Waals surface area contributed by atoms with Crippen molar-refractivity contribution >= 4 is 11.6 Å². The van der Waals surface area contributed by atoms with Crippen LogP contribution in [0.3, 0.4) is 0 Å². The van der Waals surface area contributed by atoms with Crippen LogP contribution >= 0.6 is 0 Å². The van der Waals surface area contributed by atoms with Crippen LogP contribution in [0, 0.1) is 5.92 Å². The number of anilines is 1. The Bertz CT molecular complexity index is 725. The number of piperidine rings is 1. The molecule has 1 amide bonds. The van der Waals surface area contributed by atoms with Crippen LogP contribution in [0.25, 0.3) is 0 Å². The van der Waals surface area contributed by atoms with Crippen LogP contribution in [-0.4, -0.2) is 48.3 Å². The van der Waals surface area contributed by atoms with Gasteiger partial charge in [0.25, 0.3) is 0 Å². The van der Waals surface area contributed by atoms with Gasteiger partial charge in [0.2, 0.25) is 5.91 Å². The molecule has 28 heavy (non-hydrogen) atoms. The standard InChI is InChI=1S/C23H30N2O3/c1-18(26)24-21-7-9-23(10-8-21)28-17-22(27)16-25-13-11-20(12-14-25)15-19-5-3-2-4-6-19/h2-10,20,22,27H,11-17H2,1H3,(H,24,26)/t22-/m0/s1. The molecule has 2 N–H and O–H groups in total. The summed E-state index contributed by atoms with van der Waals surface area (Å²) in [6, 6.07) is 17.9. The van der Waals surface area contributed by atoms with Crippen LogP contribution in [-0.2, 0) is 11.2 Å². The van der Waals surface area contributed by atoms with Gasteiger partial charge in [0.05, 0.1) is 0 Å². The minimum absolute atomic E-state index is 0.100. The third kappa shape index (κ3) is 6.66. The lowest BCUT2D eigenvalue weighted by Crippen LogP contribution is -2.41. The van der Waals surface area contributed by atoms with E-state index in [9.17, 15) is 9.90 Å². The number of hydrogen-bond donors (Lipinski definition) is 2. The van der Waals surface area contributed by atoms with Crippen molar-refractivity contribution < 1.29 is 14.6 Å². The van der Waals surface area contributed by atoms with Crippen molar-refractivity contribution in [3.63, 3.8) is 0 Å². The largest absolute Gasteiger partial charge is 0.491 e. The third-order valence-corrected chi connectivity index (χ3v) is 5.16. The van der Waals surface area contributed by atoms with Gasteiger partial charge in [0.15, 0.2) is 0 Å². The van der Waals surface area contributed by atoms with E-state index in [1.165, 1.54) is 25.3 Å². The molecule has 0 bridgehead atoms. The van der Waals surface area contributed by atoms with Crippen LogP contribution in [0.1, 0.15) is 25.3 Å². The van der Waals surface area contributed by atoms with Crippen molar-refractivity contribution in [3.8, 4) is 5.75 Å². The molecule has 0 aliphatic carbocycles. The number of carbonyl (C=O) groups is 1. The topological polar surface area (TPSA) is 61.8 Å². The summed E-state index contributed by atoms with van der Waals surface area (Å²) in [7, 11) is 0. The monoisotopic (exact) mass is 382 g/mol. The van der Waals surface area contributed by atoms with Gasteiger partial charge in [-0.3, -0.25) is 4.79 Å². The first-order valence-electron chi connectivity index (χ1n) is 10.0. The highest BCUT2D eigenvalue weighted by molar-refractivity contribution is 5.88. The molecule has 1 saturated heterocycles. The lowest BCUT2D eigenvalue weighted by atomic mass is 9.90. The van der Waals surface area contributed by atoms with E-state index in [1.54, 1.807) is 24.3 Å². The van der Waals surface area contributed by atoms with E-state index in [1.807, 2.05) is 0 Å². The first kappa shape index (κ1) is 20.4. The first-order valence-corrected chi connectivity index (χ1v) is 10.0. The maximum atomic E-state index is 11.0. The molecule has 1 heterocycles. The Morgan fingerprint density at radius 2 is 1.82 bits per heavy atom. The van der Waals surface area contributed by atoms with Gasteiger partial charge in [-0.2, -0.15) is 0 Å². The molecule has 5 nitrogen and oxygen atoms in total. The van der Waals surface area contributed by atoms with Gasteiger partial charge in [-0.15, -0.1) is 0 Å². The maximum Gasteiger partial charge on any atom is 0.221 e. The lowest BCUT2D eigenvalue weighted by molar-refractivity contribution is -0.114. The Hall–Kier alpha value is -2.37. The van der Waals surface area contributed by atoms with Gasteiger partial charge >= 0.3 is 0 Å². The van der Waals surface area contributed by atoms with E-state index in [2.05, 4.69) is 40.5 Å². The second-order valence-corrected chi connectivity index (χ2v) is 7.60. The SMILES string of the molecule is CC(=O)Nc1ccc(OC[C@@H](O)CN2CCC(Cc3ccccc3)CC2)cc1. The van der Waals surface area contributed by atoms with E-state index in [-0.39, 0.29) is 12.5 Å². The van der Waals surface area contributed by atoms with Crippen LogP contribution in [0.4, 0.5) is 5.69 Å². The van der Waals surface area contributed by atoms with Crippen molar-refractivity contribution in [1.82, 2.24) is 4.90 Å². The Kier molecular flexibility index (Phi) is 7.46. The Labute approximate surface area is 167 Å². The second-order valence-electron chi connectivity index (χ2n) is 7.60. The molecule has 1 aliphatic heterocycles. The number of hydrogen-bond acceptors (Lipinski definition) is 4. The second kappa shape index (κ2) is 10.2. The number of benzene rings is 2. The number of likely N-dealkylation sites (tertiary alicyclic amines) is 1. The van der Waals surface area contributed by atoms with Crippen molar-refractivity contribution in [3.05, 3.63) is 60.2 Å². The first-order chi connectivity index (χ1) is 13.6. The van der Waals surface area contributed by atoms with Gasteiger partial charge in [-0.25, -0.2) is 0 Å². The van der Waals surface area contributed by atoms with Gasteiger partial charge in [0, 0.05) is 19.2 Å². The molecular weight excluding hydrogens is 352 g/mol. The summed E-state index contributed by atoms with van der Waals surface area (Å²) in [4.78, 5) is 13.4. The number of rotatable bonds is 8. The van der Waals surface area contributed by atoms with Crippen molar-refractivity contribution in [2.45, 2.75) is 32.3 Å². The predicted molar refractivity (Wildman–Crippen MR) is 112 cm³/mol. The normalized spacial score (nSPS) is 16.5. The van der Waals surface area contributed by atoms with Gasteiger partial charge in [-0.05, 0) is 68.1 Å².